The summed E-state index contributed by atoms with van der Waals surface area (Å²) in [5.41, 5.74) is 1.69. The molecule has 0 nitrogen and oxygen atoms in total. The van der Waals surface area contributed by atoms with E-state index in [0.29, 0.717) is 0 Å². The molecule has 12 heavy (non-hydrogen) atoms. The Kier molecular flexibility index (Phi) is 8.64. The molecule has 0 spiro atoms. The molecule has 0 fully saturated rings. The first-order valence-electron chi connectivity index (χ1n) is 5.53. The summed E-state index contributed by atoms with van der Waals surface area (Å²) in [5.74, 6) is 0. The van der Waals surface area contributed by atoms with Crippen molar-refractivity contribution in [2.45, 2.75) is 65.7 Å². The van der Waals surface area contributed by atoms with Gasteiger partial charge in [-0.15, -0.1) is 0 Å². The van der Waals surface area contributed by atoms with Crippen LogP contribution in [0.15, 0.2) is 11.6 Å². The smallest absolute Gasteiger partial charge is 0.0320 e. The van der Waals surface area contributed by atoms with E-state index in [1.54, 1.807) is 5.57 Å². The minimum absolute atomic E-state index is 1.25. The fourth-order valence-electron chi connectivity index (χ4n) is 1.40. The van der Waals surface area contributed by atoms with Gasteiger partial charge in [-0.05, 0) is 32.1 Å². The van der Waals surface area contributed by atoms with Crippen molar-refractivity contribution < 1.29 is 0 Å². The van der Waals surface area contributed by atoms with E-state index in [4.69, 9.17) is 0 Å². The van der Waals surface area contributed by atoms with E-state index in [-0.39, 0.29) is 0 Å². The van der Waals surface area contributed by atoms with Crippen molar-refractivity contribution >= 4 is 0 Å². The first kappa shape index (κ1) is 11.7. The Hall–Kier alpha value is -0.260. The highest BCUT2D eigenvalue weighted by Crippen LogP contribution is 2.18. The van der Waals surface area contributed by atoms with Gasteiger partial charge < -0.3 is 0 Å². The number of rotatable bonds is 1. The second-order valence-corrected chi connectivity index (χ2v) is 3.52. The van der Waals surface area contributed by atoms with Crippen molar-refractivity contribution in [3.05, 3.63) is 11.6 Å². The summed E-state index contributed by atoms with van der Waals surface area (Å²) in [6.07, 6.45) is 12.0. The molecule has 1 rings (SSSR count). The number of hydrogen-bond donors (Lipinski definition) is 0. The summed E-state index contributed by atoms with van der Waals surface area (Å²) in [6.45, 7) is 6.51. The maximum absolute atomic E-state index is 2.44. The molecule has 1 aliphatic carbocycles. The average Bonchev–Trinajstić information content (AvgIpc) is 2.33. The molecule has 0 heterocycles. The number of hydrogen-bond acceptors (Lipinski definition) is 0. The minimum Gasteiger partial charge on any atom is -0.0853 e. The molecular formula is C12H24. The zero-order valence-electron chi connectivity index (χ0n) is 9.03. The minimum atomic E-state index is 1.25. The summed E-state index contributed by atoms with van der Waals surface area (Å²) in [6, 6.07) is 0. The van der Waals surface area contributed by atoms with E-state index in [9.17, 15) is 0 Å². The van der Waals surface area contributed by atoms with Crippen molar-refractivity contribution in [2.75, 3.05) is 0 Å². The van der Waals surface area contributed by atoms with E-state index in [1.165, 1.54) is 44.9 Å². The molecule has 1 aliphatic rings. The highest BCUT2D eigenvalue weighted by molar-refractivity contribution is 5.02. The molecule has 0 amide bonds. The molecule has 0 saturated carbocycles. The maximum atomic E-state index is 2.44. The van der Waals surface area contributed by atoms with E-state index < -0.39 is 0 Å². The van der Waals surface area contributed by atoms with Gasteiger partial charge in [-0.3, -0.25) is 0 Å². The summed E-state index contributed by atoms with van der Waals surface area (Å²) in [4.78, 5) is 0. The third-order valence-corrected chi connectivity index (χ3v) is 2.09. The van der Waals surface area contributed by atoms with Gasteiger partial charge in [0.2, 0.25) is 0 Å². The zero-order valence-corrected chi connectivity index (χ0v) is 9.03. The number of allylic oxidation sites excluding steroid dienone is 2. The molecule has 0 N–H and O–H groups in total. The lowest BCUT2D eigenvalue weighted by molar-refractivity contribution is 0.705. The van der Waals surface area contributed by atoms with Crippen molar-refractivity contribution in [1.82, 2.24) is 0 Å². The zero-order chi connectivity index (χ0) is 9.23. The highest BCUT2D eigenvalue weighted by Gasteiger charge is 1.98. The predicted octanol–water partition coefficient (Wildman–Crippen LogP) is 4.70. The van der Waals surface area contributed by atoms with Crippen LogP contribution in [0.1, 0.15) is 65.7 Å². The first-order chi connectivity index (χ1) is 5.85. The van der Waals surface area contributed by atoms with Gasteiger partial charge in [-0.2, -0.15) is 0 Å². The van der Waals surface area contributed by atoms with Crippen molar-refractivity contribution in [1.29, 1.82) is 0 Å². The van der Waals surface area contributed by atoms with Crippen LogP contribution < -0.4 is 0 Å². The molecule has 0 bridgehead atoms. The van der Waals surface area contributed by atoms with Gasteiger partial charge in [0, 0.05) is 0 Å². The molecule has 0 aliphatic heterocycles. The first-order valence-corrected chi connectivity index (χ1v) is 5.53. The molecule has 0 heteroatoms. The second kappa shape index (κ2) is 8.83. The van der Waals surface area contributed by atoms with Gasteiger partial charge in [0.1, 0.15) is 0 Å². The quantitative estimate of drug-likeness (QED) is 0.498. The van der Waals surface area contributed by atoms with Crippen LogP contribution in [0.5, 0.6) is 0 Å². The van der Waals surface area contributed by atoms with Gasteiger partial charge in [0.25, 0.3) is 0 Å². The van der Waals surface area contributed by atoms with Crippen LogP contribution >= 0.6 is 0 Å². The molecule has 0 aromatic heterocycles. The Labute approximate surface area is 78.1 Å². The van der Waals surface area contributed by atoms with Crippen molar-refractivity contribution in [3.63, 3.8) is 0 Å². The van der Waals surface area contributed by atoms with Crippen LogP contribution in [0.2, 0.25) is 0 Å². The van der Waals surface area contributed by atoms with Gasteiger partial charge in [0.05, 0.1) is 0 Å². The van der Waals surface area contributed by atoms with Crippen LogP contribution in [0.25, 0.3) is 0 Å². The van der Waals surface area contributed by atoms with Gasteiger partial charge in [0.15, 0.2) is 0 Å². The third-order valence-electron chi connectivity index (χ3n) is 2.09. The fourth-order valence-corrected chi connectivity index (χ4v) is 1.40. The van der Waals surface area contributed by atoms with E-state index in [1.807, 2.05) is 0 Å². The summed E-state index contributed by atoms with van der Waals surface area (Å²) < 4.78 is 0. The van der Waals surface area contributed by atoms with Gasteiger partial charge >= 0.3 is 0 Å². The second-order valence-electron chi connectivity index (χ2n) is 3.52. The Morgan fingerprint density at radius 1 is 1.08 bits per heavy atom. The lowest BCUT2D eigenvalue weighted by Gasteiger charge is -1.97. The Bertz CT molecular complexity index is 111. The van der Waals surface area contributed by atoms with E-state index in [2.05, 4.69) is 26.8 Å². The molecule has 0 aromatic rings. The molecule has 0 aromatic carbocycles. The van der Waals surface area contributed by atoms with Crippen LogP contribution in [-0.4, -0.2) is 0 Å². The van der Waals surface area contributed by atoms with Crippen LogP contribution in [0.3, 0.4) is 0 Å². The van der Waals surface area contributed by atoms with E-state index in [0.717, 1.165) is 0 Å². The Morgan fingerprint density at radius 2 is 1.75 bits per heavy atom. The maximum Gasteiger partial charge on any atom is -0.0320 e. The standard InChI is InChI=1S/C9H16.C3H8/c1-2-9-7-5-3-4-6-8-9;1-3-2/h7H,2-6,8H2,1H3;3H2,1-2H3. The van der Waals surface area contributed by atoms with Crippen LogP contribution in [-0.2, 0) is 0 Å². The average molecular weight is 168 g/mol. The van der Waals surface area contributed by atoms with Crippen molar-refractivity contribution in [3.8, 4) is 0 Å². The molecule has 0 radical (unpaired) electrons. The lowest BCUT2D eigenvalue weighted by Crippen LogP contribution is -1.77. The molecular weight excluding hydrogens is 144 g/mol. The molecule has 0 atom stereocenters. The van der Waals surface area contributed by atoms with Crippen LogP contribution in [0.4, 0.5) is 0 Å². The molecule has 0 saturated heterocycles. The van der Waals surface area contributed by atoms with Crippen LogP contribution in [0, 0.1) is 0 Å². The summed E-state index contributed by atoms with van der Waals surface area (Å²) >= 11 is 0. The topological polar surface area (TPSA) is 0 Å². The van der Waals surface area contributed by atoms with Gasteiger partial charge in [-0.25, -0.2) is 0 Å². The van der Waals surface area contributed by atoms with Gasteiger partial charge in [-0.1, -0.05) is 45.3 Å². The summed E-state index contributed by atoms with van der Waals surface area (Å²) in [7, 11) is 0. The highest BCUT2D eigenvalue weighted by atomic mass is 14.0. The van der Waals surface area contributed by atoms with E-state index >= 15 is 0 Å². The fraction of sp³-hybridized carbons (Fsp3) is 0.833. The normalized spacial score (nSPS) is 17.1. The summed E-state index contributed by atoms with van der Waals surface area (Å²) in [5, 5.41) is 0. The predicted molar refractivity (Wildman–Crippen MR) is 57.4 cm³/mol. The monoisotopic (exact) mass is 168 g/mol. The molecule has 72 valence electrons. The lowest BCUT2D eigenvalue weighted by atomic mass is 10.1. The third kappa shape index (κ3) is 6.45. The van der Waals surface area contributed by atoms with Crippen molar-refractivity contribution in [2.24, 2.45) is 0 Å². The Balaban J connectivity index is 0.000000354. The molecule has 0 unspecified atom stereocenters. The SMILES string of the molecule is CCC.CCC1=CCCCCC1. The Morgan fingerprint density at radius 3 is 2.33 bits per heavy atom. The largest absolute Gasteiger partial charge is 0.0853 e.